The zero-order valence-corrected chi connectivity index (χ0v) is 16.1. The van der Waals surface area contributed by atoms with Gasteiger partial charge in [0.05, 0.1) is 16.1 Å². The molecule has 30 heavy (non-hydrogen) atoms. The predicted octanol–water partition coefficient (Wildman–Crippen LogP) is 2.07. The van der Waals surface area contributed by atoms with Gasteiger partial charge in [-0.2, -0.15) is 0 Å². The highest BCUT2D eigenvalue weighted by Gasteiger charge is 2.41. The normalized spacial score (nSPS) is 13.6. The Kier molecular flexibility index (Phi) is 5.58. The van der Waals surface area contributed by atoms with E-state index in [1.54, 1.807) is 19.1 Å². The van der Waals surface area contributed by atoms with Gasteiger partial charge in [0.15, 0.2) is 6.61 Å². The van der Waals surface area contributed by atoms with Crippen LogP contribution in [0.3, 0.4) is 0 Å². The summed E-state index contributed by atoms with van der Waals surface area (Å²) in [5.74, 6) is -2.80. The van der Waals surface area contributed by atoms with E-state index >= 15 is 0 Å². The Morgan fingerprint density at radius 3 is 2.27 bits per heavy atom. The molecule has 2 aromatic rings. The summed E-state index contributed by atoms with van der Waals surface area (Å²) in [5, 5.41) is 13.2. The van der Waals surface area contributed by atoms with E-state index in [1.807, 2.05) is 0 Å². The number of amides is 3. The van der Waals surface area contributed by atoms with Crippen LogP contribution in [0.1, 0.15) is 33.2 Å². The molecule has 0 spiro atoms. The zero-order valence-electron chi connectivity index (χ0n) is 16.1. The Labute approximate surface area is 170 Å². The number of hydrogen-bond donors (Lipinski definition) is 1. The molecular weight excluding hydrogens is 394 g/mol. The fourth-order valence-corrected chi connectivity index (χ4v) is 3.01. The first-order chi connectivity index (χ1) is 14.2. The Morgan fingerprint density at radius 1 is 1.13 bits per heavy atom. The van der Waals surface area contributed by atoms with E-state index in [-0.39, 0.29) is 16.8 Å². The van der Waals surface area contributed by atoms with E-state index in [0.717, 1.165) is 4.90 Å². The van der Waals surface area contributed by atoms with Crippen LogP contribution in [-0.4, -0.2) is 46.2 Å². The van der Waals surface area contributed by atoms with Crippen molar-refractivity contribution in [2.45, 2.75) is 19.9 Å². The minimum absolute atomic E-state index is 0.119. The summed E-state index contributed by atoms with van der Waals surface area (Å²) < 4.78 is 4.94. The van der Waals surface area contributed by atoms with E-state index in [1.165, 1.54) is 37.3 Å². The van der Waals surface area contributed by atoms with Crippen LogP contribution in [0.25, 0.3) is 0 Å². The highest BCUT2D eigenvalue weighted by Crippen LogP contribution is 2.25. The first-order valence-electron chi connectivity index (χ1n) is 8.89. The molecule has 1 aliphatic rings. The van der Waals surface area contributed by atoms with Gasteiger partial charge in [-0.15, -0.1) is 0 Å². The number of nitro groups is 1. The molecule has 154 valence electrons. The quantitative estimate of drug-likeness (QED) is 0.333. The highest BCUT2D eigenvalue weighted by molar-refractivity contribution is 6.22. The van der Waals surface area contributed by atoms with Gasteiger partial charge in [-0.1, -0.05) is 12.1 Å². The minimum atomic E-state index is -1.22. The Balaban J connectivity index is 1.59. The van der Waals surface area contributed by atoms with Crippen LogP contribution in [0.15, 0.2) is 42.5 Å². The lowest BCUT2D eigenvalue weighted by Gasteiger charge is -2.20. The lowest BCUT2D eigenvalue weighted by molar-refractivity contribution is -0.384. The molecule has 1 N–H and O–H groups in total. The molecule has 0 saturated carbocycles. The number of nitro benzene ring substituents is 1. The summed E-state index contributed by atoms with van der Waals surface area (Å²) in [6, 6.07) is 8.90. The van der Waals surface area contributed by atoms with Gasteiger partial charge in [0.25, 0.3) is 23.4 Å². The largest absolute Gasteiger partial charge is 0.454 e. The number of nitrogens with one attached hydrogen (secondary N) is 1. The number of imide groups is 1. The first-order valence-corrected chi connectivity index (χ1v) is 8.89. The lowest BCUT2D eigenvalue weighted by atomic mass is 10.1. The third-order valence-electron chi connectivity index (χ3n) is 4.59. The van der Waals surface area contributed by atoms with Crippen molar-refractivity contribution < 1.29 is 28.8 Å². The number of nitrogens with zero attached hydrogens (tertiary/aromatic N) is 2. The van der Waals surface area contributed by atoms with Crippen LogP contribution in [0.4, 0.5) is 11.4 Å². The molecule has 0 fully saturated rings. The summed E-state index contributed by atoms with van der Waals surface area (Å²) in [7, 11) is 0. The summed E-state index contributed by atoms with van der Waals surface area (Å²) in [4.78, 5) is 60.2. The number of carbonyl (C=O) groups is 4. The van der Waals surface area contributed by atoms with Crippen LogP contribution in [0, 0.1) is 17.0 Å². The van der Waals surface area contributed by atoms with Crippen molar-refractivity contribution in [3.8, 4) is 0 Å². The molecule has 1 aliphatic heterocycles. The fraction of sp³-hybridized carbons (Fsp3) is 0.200. The third-order valence-corrected chi connectivity index (χ3v) is 4.59. The molecule has 2 aromatic carbocycles. The number of fused-ring (bicyclic) bond motifs is 1. The number of aryl methyl sites for hydroxylation is 1. The van der Waals surface area contributed by atoms with Gasteiger partial charge in [-0.05, 0) is 37.6 Å². The molecule has 0 unspecified atom stereocenters. The molecule has 0 aromatic heterocycles. The fourth-order valence-electron chi connectivity index (χ4n) is 3.01. The summed E-state index contributed by atoms with van der Waals surface area (Å²) in [5.41, 5.74) is 1.08. The zero-order chi connectivity index (χ0) is 22.0. The molecule has 0 radical (unpaired) electrons. The molecule has 0 saturated heterocycles. The maximum atomic E-state index is 12.4. The van der Waals surface area contributed by atoms with Gasteiger partial charge < -0.3 is 10.1 Å². The second-order valence-corrected chi connectivity index (χ2v) is 6.61. The third kappa shape index (κ3) is 3.88. The molecule has 3 rings (SSSR count). The summed E-state index contributed by atoms with van der Waals surface area (Å²) >= 11 is 0. The average molecular weight is 411 g/mol. The maximum Gasteiger partial charge on any atom is 0.329 e. The van der Waals surface area contributed by atoms with Crippen LogP contribution >= 0.6 is 0 Å². The van der Waals surface area contributed by atoms with E-state index in [0.29, 0.717) is 11.3 Å². The molecule has 0 bridgehead atoms. The Hall–Kier alpha value is -4.08. The number of ether oxygens (including phenoxy) is 1. The second kappa shape index (κ2) is 8.11. The summed E-state index contributed by atoms with van der Waals surface area (Å²) in [6.45, 7) is 2.27. The van der Waals surface area contributed by atoms with Crippen molar-refractivity contribution in [1.82, 2.24) is 4.90 Å². The van der Waals surface area contributed by atoms with Crippen molar-refractivity contribution in [3.05, 3.63) is 69.3 Å². The first kappa shape index (κ1) is 20.6. The van der Waals surface area contributed by atoms with Gasteiger partial charge in [-0.3, -0.25) is 29.4 Å². The van der Waals surface area contributed by atoms with Gasteiger partial charge in [0, 0.05) is 17.8 Å². The molecule has 3 amide bonds. The monoisotopic (exact) mass is 411 g/mol. The van der Waals surface area contributed by atoms with Crippen LogP contribution in [0.5, 0.6) is 0 Å². The number of rotatable bonds is 6. The standard InChI is InChI=1S/C20H17N3O7/c1-11-9-13(23(28)29)7-8-16(11)21-17(24)10-30-20(27)12(2)22-18(25)14-5-3-4-6-15(14)19(22)26/h3-9,12H,10H2,1-2H3,(H,21,24)/t12-/m0/s1. The van der Waals surface area contributed by atoms with E-state index in [9.17, 15) is 29.3 Å². The highest BCUT2D eigenvalue weighted by atomic mass is 16.6. The molecule has 10 heteroatoms. The SMILES string of the molecule is Cc1cc([N+](=O)[O-])ccc1NC(=O)COC(=O)[C@H](C)N1C(=O)c2ccccc2C1=O. The second-order valence-electron chi connectivity index (χ2n) is 6.61. The van der Waals surface area contributed by atoms with Gasteiger partial charge >= 0.3 is 5.97 Å². The van der Waals surface area contributed by atoms with E-state index < -0.39 is 41.3 Å². The maximum absolute atomic E-state index is 12.4. The Morgan fingerprint density at radius 2 is 1.73 bits per heavy atom. The number of hydrogen-bond acceptors (Lipinski definition) is 7. The van der Waals surface area contributed by atoms with Crippen LogP contribution in [-0.2, 0) is 14.3 Å². The van der Waals surface area contributed by atoms with Gasteiger partial charge in [0.1, 0.15) is 6.04 Å². The minimum Gasteiger partial charge on any atom is -0.454 e. The van der Waals surface area contributed by atoms with Crippen molar-refractivity contribution in [2.24, 2.45) is 0 Å². The molecular formula is C20H17N3O7. The number of esters is 1. The number of anilines is 1. The van der Waals surface area contributed by atoms with Gasteiger partial charge in [-0.25, -0.2) is 4.79 Å². The predicted molar refractivity (Wildman–Crippen MR) is 104 cm³/mol. The van der Waals surface area contributed by atoms with Crippen LogP contribution < -0.4 is 5.32 Å². The van der Waals surface area contributed by atoms with Crippen molar-refractivity contribution >= 4 is 35.1 Å². The lowest BCUT2D eigenvalue weighted by Crippen LogP contribution is -2.44. The van der Waals surface area contributed by atoms with E-state index in [4.69, 9.17) is 4.74 Å². The molecule has 1 heterocycles. The molecule has 1 atom stereocenters. The topological polar surface area (TPSA) is 136 Å². The average Bonchev–Trinajstić information content (AvgIpc) is 2.97. The van der Waals surface area contributed by atoms with Crippen molar-refractivity contribution in [3.63, 3.8) is 0 Å². The van der Waals surface area contributed by atoms with E-state index in [2.05, 4.69) is 5.32 Å². The van der Waals surface area contributed by atoms with Crippen LogP contribution in [0.2, 0.25) is 0 Å². The molecule has 0 aliphatic carbocycles. The number of non-ortho nitro benzene ring substituents is 1. The summed E-state index contributed by atoms with van der Waals surface area (Å²) in [6.07, 6.45) is 0. The van der Waals surface area contributed by atoms with Crippen molar-refractivity contribution in [2.75, 3.05) is 11.9 Å². The number of benzene rings is 2. The Bertz CT molecular complexity index is 1040. The molecule has 10 nitrogen and oxygen atoms in total. The van der Waals surface area contributed by atoms with Gasteiger partial charge in [0.2, 0.25) is 0 Å². The smallest absolute Gasteiger partial charge is 0.329 e. The van der Waals surface area contributed by atoms with Crippen molar-refractivity contribution in [1.29, 1.82) is 0 Å². The number of carbonyl (C=O) groups excluding carboxylic acids is 4.